The second-order valence-corrected chi connectivity index (χ2v) is 4.58. The molecule has 4 heteroatoms. The molecule has 4 nitrogen and oxygen atoms in total. The van der Waals surface area contributed by atoms with Gasteiger partial charge in [0.2, 0.25) is 0 Å². The lowest BCUT2D eigenvalue weighted by molar-refractivity contribution is 0.0845. The van der Waals surface area contributed by atoms with E-state index in [1.807, 2.05) is 46.1 Å². The minimum absolute atomic E-state index is 0.0335. The smallest absolute Gasteiger partial charge is 0.128 e. The fraction of sp³-hybridized carbons (Fsp3) is 0.615. The lowest BCUT2D eigenvalue weighted by Gasteiger charge is -2.19. The van der Waals surface area contributed by atoms with Crippen LogP contribution in [0.25, 0.3) is 0 Å². The largest absolute Gasteiger partial charge is 0.377 e. The van der Waals surface area contributed by atoms with Crippen LogP contribution in [0.2, 0.25) is 0 Å². The molecule has 0 fully saturated rings. The number of likely N-dealkylation sites (N-methyl/N-ethyl adjacent to an activating group) is 1. The van der Waals surface area contributed by atoms with Crippen molar-refractivity contribution in [2.45, 2.75) is 32.9 Å². The summed E-state index contributed by atoms with van der Waals surface area (Å²) >= 11 is 0. The monoisotopic (exact) mass is 237 g/mol. The maximum atomic E-state index is 5.78. The first-order valence-corrected chi connectivity index (χ1v) is 6.05. The Hall–Kier alpha value is -1.13. The van der Waals surface area contributed by atoms with E-state index in [1.165, 1.54) is 0 Å². The summed E-state index contributed by atoms with van der Waals surface area (Å²) in [6, 6.07) is 4.05. The zero-order valence-electron chi connectivity index (χ0n) is 11.2. The number of nitrogens with zero attached hydrogens (tertiary/aromatic N) is 2. The Bertz CT molecular complexity index is 322. The Balaban J connectivity index is 2.48. The molecule has 0 aliphatic heterocycles. The Labute approximate surface area is 104 Å². The van der Waals surface area contributed by atoms with Gasteiger partial charge in [-0.1, -0.05) is 6.07 Å². The van der Waals surface area contributed by atoms with Crippen LogP contribution in [0.4, 0.5) is 5.82 Å². The first kappa shape index (κ1) is 13.9. The lowest BCUT2D eigenvalue weighted by atomic mass is 10.1. The quantitative estimate of drug-likeness (QED) is 0.821. The number of pyridine rings is 1. The molecular weight excluding hydrogens is 214 g/mol. The van der Waals surface area contributed by atoms with E-state index in [9.17, 15) is 0 Å². The number of hydrogen-bond acceptors (Lipinski definition) is 4. The summed E-state index contributed by atoms with van der Waals surface area (Å²) in [6.45, 7) is 7.58. The van der Waals surface area contributed by atoms with E-state index in [2.05, 4.69) is 9.88 Å². The third-order valence-electron chi connectivity index (χ3n) is 2.57. The molecule has 1 atom stereocenters. The van der Waals surface area contributed by atoms with E-state index < -0.39 is 0 Å². The van der Waals surface area contributed by atoms with Gasteiger partial charge in [0.15, 0.2) is 0 Å². The van der Waals surface area contributed by atoms with Crippen molar-refractivity contribution >= 4 is 5.82 Å². The Kier molecular flexibility index (Phi) is 5.38. The molecule has 1 unspecified atom stereocenters. The predicted molar refractivity (Wildman–Crippen MR) is 71.2 cm³/mol. The van der Waals surface area contributed by atoms with Gasteiger partial charge in [-0.05, 0) is 32.4 Å². The fourth-order valence-electron chi connectivity index (χ4n) is 1.43. The molecule has 1 heterocycles. The molecule has 96 valence electrons. The summed E-state index contributed by atoms with van der Waals surface area (Å²) in [7, 11) is 2.01. The summed E-state index contributed by atoms with van der Waals surface area (Å²) in [6.07, 6.45) is 2.11. The maximum absolute atomic E-state index is 5.78. The fourth-order valence-corrected chi connectivity index (χ4v) is 1.43. The molecular formula is C13H23N3O. The molecule has 1 aromatic rings. The van der Waals surface area contributed by atoms with Gasteiger partial charge in [-0.15, -0.1) is 0 Å². The van der Waals surface area contributed by atoms with Gasteiger partial charge in [0, 0.05) is 25.8 Å². The SMILES string of the molecule is CC(C)OCCN(C)c1ccc(C(C)N)cn1. The van der Waals surface area contributed by atoms with Crippen LogP contribution in [0.1, 0.15) is 32.4 Å². The average Bonchev–Trinajstić information content (AvgIpc) is 2.28. The van der Waals surface area contributed by atoms with Crippen molar-refractivity contribution in [2.24, 2.45) is 5.73 Å². The second-order valence-electron chi connectivity index (χ2n) is 4.58. The van der Waals surface area contributed by atoms with Gasteiger partial charge in [-0.2, -0.15) is 0 Å². The molecule has 0 aliphatic carbocycles. The van der Waals surface area contributed by atoms with Gasteiger partial charge in [-0.3, -0.25) is 0 Å². The molecule has 0 radical (unpaired) electrons. The van der Waals surface area contributed by atoms with E-state index in [0.29, 0.717) is 6.61 Å². The van der Waals surface area contributed by atoms with Gasteiger partial charge in [-0.25, -0.2) is 4.98 Å². The maximum Gasteiger partial charge on any atom is 0.128 e. The molecule has 0 saturated carbocycles. The first-order chi connectivity index (χ1) is 8.00. The van der Waals surface area contributed by atoms with Crippen molar-refractivity contribution in [3.05, 3.63) is 23.9 Å². The van der Waals surface area contributed by atoms with Gasteiger partial charge in [0.25, 0.3) is 0 Å². The second kappa shape index (κ2) is 6.57. The van der Waals surface area contributed by atoms with E-state index in [0.717, 1.165) is 17.9 Å². The van der Waals surface area contributed by atoms with Gasteiger partial charge >= 0.3 is 0 Å². The van der Waals surface area contributed by atoms with Gasteiger partial charge < -0.3 is 15.4 Å². The molecule has 1 aromatic heterocycles. The molecule has 0 aliphatic rings. The molecule has 0 bridgehead atoms. The summed E-state index contributed by atoms with van der Waals surface area (Å²) in [4.78, 5) is 6.46. The Morgan fingerprint density at radius 2 is 2.06 bits per heavy atom. The van der Waals surface area contributed by atoms with Crippen molar-refractivity contribution in [1.82, 2.24) is 4.98 Å². The highest BCUT2D eigenvalue weighted by atomic mass is 16.5. The topological polar surface area (TPSA) is 51.4 Å². The highest BCUT2D eigenvalue weighted by Crippen LogP contribution is 2.13. The van der Waals surface area contributed by atoms with E-state index in [4.69, 9.17) is 10.5 Å². The third kappa shape index (κ3) is 4.71. The van der Waals surface area contributed by atoms with E-state index >= 15 is 0 Å². The minimum atomic E-state index is 0.0335. The number of ether oxygens (including phenoxy) is 1. The number of hydrogen-bond donors (Lipinski definition) is 1. The molecule has 0 amide bonds. The average molecular weight is 237 g/mol. The Morgan fingerprint density at radius 1 is 1.35 bits per heavy atom. The van der Waals surface area contributed by atoms with Crippen LogP contribution in [-0.4, -0.2) is 31.3 Å². The van der Waals surface area contributed by atoms with Crippen molar-refractivity contribution in [2.75, 3.05) is 25.1 Å². The summed E-state index contributed by atoms with van der Waals surface area (Å²) in [5.74, 6) is 0.946. The molecule has 0 spiro atoms. The van der Waals surface area contributed by atoms with Crippen LogP contribution in [0.15, 0.2) is 18.3 Å². The first-order valence-electron chi connectivity index (χ1n) is 6.05. The summed E-state index contributed by atoms with van der Waals surface area (Å²) in [5.41, 5.74) is 6.84. The molecule has 0 aromatic carbocycles. The van der Waals surface area contributed by atoms with Crippen molar-refractivity contribution in [3.8, 4) is 0 Å². The molecule has 1 rings (SSSR count). The van der Waals surface area contributed by atoms with Crippen molar-refractivity contribution in [1.29, 1.82) is 0 Å². The number of aromatic nitrogens is 1. The highest BCUT2D eigenvalue weighted by molar-refractivity contribution is 5.38. The highest BCUT2D eigenvalue weighted by Gasteiger charge is 2.04. The minimum Gasteiger partial charge on any atom is -0.377 e. The van der Waals surface area contributed by atoms with Crippen molar-refractivity contribution < 1.29 is 4.74 Å². The molecule has 17 heavy (non-hydrogen) atoms. The van der Waals surface area contributed by atoms with Crippen LogP contribution >= 0.6 is 0 Å². The molecule has 0 saturated heterocycles. The van der Waals surface area contributed by atoms with Gasteiger partial charge in [0.05, 0.1) is 12.7 Å². The zero-order valence-corrected chi connectivity index (χ0v) is 11.2. The normalized spacial score (nSPS) is 12.8. The third-order valence-corrected chi connectivity index (χ3v) is 2.57. The van der Waals surface area contributed by atoms with Gasteiger partial charge in [0.1, 0.15) is 5.82 Å². The number of nitrogens with two attached hydrogens (primary N) is 1. The van der Waals surface area contributed by atoms with Crippen LogP contribution in [-0.2, 0) is 4.74 Å². The zero-order chi connectivity index (χ0) is 12.8. The number of anilines is 1. The van der Waals surface area contributed by atoms with E-state index in [-0.39, 0.29) is 12.1 Å². The molecule has 2 N–H and O–H groups in total. The van der Waals surface area contributed by atoms with Crippen LogP contribution in [0.3, 0.4) is 0 Å². The summed E-state index contributed by atoms with van der Waals surface area (Å²) < 4.78 is 5.51. The van der Waals surface area contributed by atoms with Crippen molar-refractivity contribution in [3.63, 3.8) is 0 Å². The van der Waals surface area contributed by atoms with Crippen LogP contribution in [0, 0.1) is 0 Å². The predicted octanol–water partition coefficient (Wildman–Crippen LogP) is 1.96. The van der Waals surface area contributed by atoms with Crippen LogP contribution < -0.4 is 10.6 Å². The van der Waals surface area contributed by atoms with Crippen LogP contribution in [0.5, 0.6) is 0 Å². The number of rotatable bonds is 6. The lowest BCUT2D eigenvalue weighted by Crippen LogP contribution is -2.24. The van der Waals surface area contributed by atoms with E-state index in [1.54, 1.807) is 0 Å². The summed E-state index contributed by atoms with van der Waals surface area (Å²) in [5, 5.41) is 0. The Morgan fingerprint density at radius 3 is 2.53 bits per heavy atom. The standard InChI is InChI=1S/C13H23N3O/c1-10(2)17-8-7-16(4)13-6-5-12(9-15-13)11(3)14/h5-6,9-11H,7-8,14H2,1-4H3.